The molecule has 0 bridgehead atoms. The molecule has 0 saturated carbocycles. The number of nitrogens with one attached hydrogen (secondary N) is 1. The fraction of sp³-hybridized carbons (Fsp3) is 0.389. The second-order valence-corrected chi connectivity index (χ2v) is 6.01. The van der Waals surface area contributed by atoms with Crippen molar-refractivity contribution in [1.29, 1.82) is 0 Å². The van der Waals surface area contributed by atoms with Gasteiger partial charge in [0.05, 0.1) is 5.69 Å². The molecule has 25 heavy (non-hydrogen) atoms. The topological polar surface area (TPSA) is 67.3 Å². The molecule has 0 unspecified atom stereocenters. The number of carbonyl (C=O) groups excluding carboxylic acids is 1. The summed E-state index contributed by atoms with van der Waals surface area (Å²) in [5.41, 5.74) is 0.907. The van der Waals surface area contributed by atoms with E-state index in [0.29, 0.717) is 11.8 Å². The van der Waals surface area contributed by atoms with Crippen LogP contribution in [0.2, 0.25) is 0 Å². The van der Waals surface area contributed by atoms with Crippen molar-refractivity contribution in [3.63, 3.8) is 0 Å². The van der Waals surface area contributed by atoms with E-state index in [-0.39, 0.29) is 12.3 Å². The van der Waals surface area contributed by atoms with Crippen molar-refractivity contribution < 1.29 is 13.9 Å². The fourth-order valence-corrected chi connectivity index (χ4v) is 2.72. The van der Waals surface area contributed by atoms with E-state index in [1.807, 2.05) is 6.92 Å². The summed E-state index contributed by atoms with van der Waals surface area (Å²) in [6.07, 6.45) is 3.47. The number of ether oxygens (including phenoxy) is 1. The summed E-state index contributed by atoms with van der Waals surface area (Å²) in [5.74, 6) is 0.0444. The van der Waals surface area contributed by atoms with E-state index in [1.54, 1.807) is 18.2 Å². The van der Waals surface area contributed by atoms with Gasteiger partial charge >= 0.3 is 0 Å². The largest absolute Gasteiger partial charge is 0.467 e. The molecule has 1 aromatic heterocycles. The molecule has 132 valence electrons. The lowest BCUT2D eigenvalue weighted by atomic mass is 10.1. The van der Waals surface area contributed by atoms with Gasteiger partial charge in [0.2, 0.25) is 11.8 Å². The first-order valence-corrected chi connectivity index (χ1v) is 8.39. The summed E-state index contributed by atoms with van der Waals surface area (Å²) in [4.78, 5) is 22.9. The first kappa shape index (κ1) is 17.1. The smallest absolute Gasteiger partial charge is 0.262 e. The molecule has 1 fully saturated rings. The second-order valence-electron chi connectivity index (χ2n) is 6.01. The third kappa shape index (κ3) is 4.65. The van der Waals surface area contributed by atoms with E-state index in [0.717, 1.165) is 31.6 Å². The quantitative estimate of drug-likeness (QED) is 0.903. The third-order valence-corrected chi connectivity index (χ3v) is 3.96. The van der Waals surface area contributed by atoms with Gasteiger partial charge in [0.25, 0.3) is 5.91 Å². The van der Waals surface area contributed by atoms with E-state index in [1.165, 1.54) is 18.6 Å². The number of aryl methyl sites for hydroxylation is 1. The van der Waals surface area contributed by atoms with Gasteiger partial charge < -0.3 is 15.0 Å². The van der Waals surface area contributed by atoms with Gasteiger partial charge in [-0.15, -0.1) is 0 Å². The van der Waals surface area contributed by atoms with Crippen molar-refractivity contribution in [2.24, 2.45) is 0 Å². The Balaban J connectivity index is 1.61. The van der Waals surface area contributed by atoms with Crippen LogP contribution in [0.3, 0.4) is 0 Å². The lowest BCUT2D eigenvalue weighted by Gasteiger charge is -2.26. The maximum atomic E-state index is 13.5. The van der Waals surface area contributed by atoms with Gasteiger partial charge in [0.15, 0.2) is 6.61 Å². The maximum Gasteiger partial charge on any atom is 0.262 e. The van der Waals surface area contributed by atoms with Crippen LogP contribution in [-0.2, 0) is 4.79 Å². The highest BCUT2D eigenvalue weighted by atomic mass is 19.1. The number of hydrogen-bond acceptors (Lipinski definition) is 5. The molecule has 1 amide bonds. The minimum atomic E-state index is -0.485. The molecule has 0 atom stereocenters. The van der Waals surface area contributed by atoms with Crippen molar-refractivity contribution in [3.8, 4) is 5.88 Å². The molecule has 1 aromatic carbocycles. The Kier molecular flexibility index (Phi) is 5.42. The van der Waals surface area contributed by atoms with Crippen molar-refractivity contribution in [1.82, 2.24) is 9.97 Å². The Hall–Kier alpha value is -2.70. The van der Waals surface area contributed by atoms with Crippen LogP contribution in [0.5, 0.6) is 5.88 Å². The molecule has 0 spiro atoms. The molecule has 7 heteroatoms. The second kappa shape index (κ2) is 7.92. The molecule has 2 aromatic rings. The number of nitrogens with zero attached hydrogens (tertiary/aromatic N) is 3. The Morgan fingerprint density at radius 2 is 2.00 bits per heavy atom. The van der Waals surface area contributed by atoms with Crippen molar-refractivity contribution in [2.45, 2.75) is 26.2 Å². The normalized spacial score (nSPS) is 14.2. The van der Waals surface area contributed by atoms with Crippen molar-refractivity contribution in [3.05, 3.63) is 41.8 Å². The molecule has 3 rings (SSSR count). The summed E-state index contributed by atoms with van der Waals surface area (Å²) >= 11 is 0. The predicted octanol–water partition coefficient (Wildman–Crippen LogP) is 2.93. The van der Waals surface area contributed by atoms with Crippen molar-refractivity contribution in [2.75, 3.05) is 29.9 Å². The molecule has 1 aliphatic rings. The van der Waals surface area contributed by atoms with Gasteiger partial charge in [0.1, 0.15) is 5.82 Å². The lowest BCUT2D eigenvalue weighted by Crippen LogP contribution is -2.31. The van der Waals surface area contributed by atoms with Crippen LogP contribution in [0.1, 0.15) is 25.0 Å². The zero-order valence-corrected chi connectivity index (χ0v) is 14.2. The Morgan fingerprint density at radius 3 is 2.76 bits per heavy atom. The third-order valence-electron chi connectivity index (χ3n) is 3.96. The molecule has 6 nitrogen and oxygen atoms in total. The number of amides is 1. The lowest BCUT2D eigenvalue weighted by molar-refractivity contribution is -0.118. The van der Waals surface area contributed by atoms with Crippen LogP contribution in [0.25, 0.3) is 0 Å². The number of para-hydroxylation sites is 1. The Morgan fingerprint density at radius 1 is 1.24 bits per heavy atom. The van der Waals surface area contributed by atoms with Crippen LogP contribution in [-0.4, -0.2) is 35.6 Å². The van der Waals surface area contributed by atoms with E-state index in [4.69, 9.17) is 4.74 Å². The van der Waals surface area contributed by atoms with Crippen LogP contribution in [0.4, 0.5) is 16.0 Å². The first-order valence-electron chi connectivity index (χ1n) is 8.39. The fourth-order valence-electron chi connectivity index (χ4n) is 2.72. The van der Waals surface area contributed by atoms with E-state index in [2.05, 4.69) is 20.2 Å². The summed E-state index contributed by atoms with van der Waals surface area (Å²) in [7, 11) is 0. The summed E-state index contributed by atoms with van der Waals surface area (Å²) < 4.78 is 19.0. The summed E-state index contributed by atoms with van der Waals surface area (Å²) in [5, 5.41) is 2.48. The highest BCUT2D eigenvalue weighted by Crippen LogP contribution is 2.19. The van der Waals surface area contributed by atoms with Crippen LogP contribution in [0, 0.1) is 12.7 Å². The van der Waals surface area contributed by atoms with Crippen LogP contribution in [0.15, 0.2) is 30.3 Å². The SMILES string of the molecule is Cc1cc(OCC(=O)Nc2ccccc2F)nc(N2CCCCC2)n1. The first-order chi connectivity index (χ1) is 12.1. The Bertz CT molecular complexity index is 748. The molecular weight excluding hydrogens is 323 g/mol. The summed E-state index contributed by atoms with van der Waals surface area (Å²) in [6, 6.07) is 7.68. The van der Waals surface area contributed by atoms with Gasteiger partial charge in [0, 0.05) is 24.8 Å². The number of aromatic nitrogens is 2. The average Bonchev–Trinajstić information content (AvgIpc) is 2.62. The van der Waals surface area contributed by atoms with E-state index < -0.39 is 11.7 Å². The Labute approximate surface area is 146 Å². The van der Waals surface area contributed by atoms with Gasteiger partial charge in [-0.3, -0.25) is 4.79 Å². The highest BCUT2D eigenvalue weighted by Gasteiger charge is 2.15. The summed E-state index contributed by atoms with van der Waals surface area (Å²) in [6.45, 7) is 3.47. The van der Waals surface area contributed by atoms with Gasteiger partial charge in [-0.25, -0.2) is 9.37 Å². The van der Waals surface area contributed by atoms with E-state index >= 15 is 0 Å². The minimum Gasteiger partial charge on any atom is -0.467 e. The number of rotatable bonds is 5. The molecule has 1 N–H and O–H groups in total. The molecule has 0 aliphatic carbocycles. The van der Waals surface area contributed by atoms with E-state index in [9.17, 15) is 9.18 Å². The van der Waals surface area contributed by atoms with Gasteiger partial charge in [-0.05, 0) is 38.3 Å². The molecule has 2 heterocycles. The number of carbonyl (C=O) groups is 1. The standard InChI is InChI=1S/C18H21FN4O2/c1-13-11-17(22-18(20-13)23-9-5-2-6-10-23)25-12-16(24)21-15-8-4-3-7-14(15)19/h3-4,7-8,11H,2,5-6,9-10,12H2,1H3,(H,21,24). The molecule has 1 saturated heterocycles. The number of hydrogen-bond donors (Lipinski definition) is 1. The van der Waals surface area contributed by atoms with Crippen LogP contribution >= 0.6 is 0 Å². The maximum absolute atomic E-state index is 13.5. The number of halogens is 1. The zero-order valence-electron chi connectivity index (χ0n) is 14.2. The molecular formula is C18H21FN4O2. The van der Waals surface area contributed by atoms with Gasteiger partial charge in [-0.2, -0.15) is 4.98 Å². The predicted molar refractivity (Wildman–Crippen MR) is 93.4 cm³/mol. The van der Waals surface area contributed by atoms with Gasteiger partial charge in [-0.1, -0.05) is 12.1 Å². The minimum absolute atomic E-state index is 0.129. The zero-order chi connectivity index (χ0) is 17.6. The van der Waals surface area contributed by atoms with Crippen molar-refractivity contribution >= 4 is 17.5 Å². The average molecular weight is 344 g/mol. The molecule has 1 aliphatic heterocycles. The van der Waals surface area contributed by atoms with Crippen LogP contribution < -0.4 is 15.0 Å². The number of anilines is 2. The number of piperidine rings is 1. The monoisotopic (exact) mass is 344 g/mol. The molecule has 0 radical (unpaired) electrons. The highest BCUT2D eigenvalue weighted by molar-refractivity contribution is 5.91. The number of benzene rings is 1.